The lowest BCUT2D eigenvalue weighted by molar-refractivity contribution is -0.137. The molecule has 0 bridgehead atoms. The summed E-state index contributed by atoms with van der Waals surface area (Å²) < 4.78 is 66.2. The van der Waals surface area contributed by atoms with E-state index in [2.05, 4.69) is 4.74 Å². The van der Waals surface area contributed by atoms with Gasteiger partial charge in [0.1, 0.15) is 4.90 Å². The van der Waals surface area contributed by atoms with Crippen molar-refractivity contribution >= 4 is 39.2 Å². The Balaban J connectivity index is 2.08. The fraction of sp³-hybridized carbons (Fsp3) is 0.125. The average Bonchev–Trinajstić information content (AvgIpc) is 2.58. The van der Waals surface area contributed by atoms with Gasteiger partial charge in [-0.25, -0.2) is 18.4 Å². The molecule has 0 saturated heterocycles. The minimum atomic E-state index is -4.69. The molecule has 7 nitrogen and oxygen atoms in total. The normalized spacial score (nSPS) is 11.8. The number of amides is 1. The zero-order valence-corrected chi connectivity index (χ0v) is 15.4. The molecular formula is C16H12ClF3N2O5S. The van der Waals surface area contributed by atoms with Crippen LogP contribution in [0, 0.1) is 0 Å². The smallest absolute Gasteiger partial charge is 0.418 e. The summed E-state index contributed by atoms with van der Waals surface area (Å²) in [5, 5.41) is 6.74. The van der Waals surface area contributed by atoms with Gasteiger partial charge in [-0.15, -0.1) is 0 Å². The molecule has 0 fully saturated rings. The predicted molar refractivity (Wildman–Crippen MR) is 93.2 cm³/mol. The summed E-state index contributed by atoms with van der Waals surface area (Å²) in [6.45, 7) is -0.904. The van der Waals surface area contributed by atoms with E-state index in [9.17, 15) is 31.2 Å². The van der Waals surface area contributed by atoms with E-state index in [4.69, 9.17) is 16.7 Å². The van der Waals surface area contributed by atoms with Crippen molar-refractivity contribution in [3.05, 3.63) is 58.6 Å². The topological polar surface area (TPSA) is 116 Å². The van der Waals surface area contributed by atoms with Crippen LogP contribution in [-0.4, -0.2) is 26.9 Å². The first-order valence-electron chi connectivity index (χ1n) is 7.35. The number of halogens is 4. The minimum absolute atomic E-state index is 0.222. The van der Waals surface area contributed by atoms with Crippen LogP contribution in [0.1, 0.15) is 15.9 Å². The molecule has 0 saturated carbocycles. The Morgan fingerprint density at radius 1 is 1.14 bits per heavy atom. The van der Waals surface area contributed by atoms with Gasteiger partial charge in [-0.1, -0.05) is 23.7 Å². The summed E-state index contributed by atoms with van der Waals surface area (Å²) in [6.07, 6.45) is -4.69. The van der Waals surface area contributed by atoms with E-state index < -0.39 is 50.8 Å². The van der Waals surface area contributed by atoms with Crippen molar-refractivity contribution in [1.29, 1.82) is 0 Å². The van der Waals surface area contributed by atoms with Crippen molar-refractivity contribution in [2.24, 2.45) is 5.14 Å². The second kappa shape index (κ2) is 8.17. The van der Waals surface area contributed by atoms with E-state index in [0.717, 1.165) is 36.4 Å². The maximum atomic E-state index is 12.9. The van der Waals surface area contributed by atoms with Crippen LogP contribution in [0.2, 0.25) is 5.02 Å². The highest BCUT2D eigenvalue weighted by Gasteiger charge is 2.33. The Morgan fingerprint density at radius 3 is 2.39 bits per heavy atom. The number of hydrogen-bond donors (Lipinski definition) is 2. The maximum absolute atomic E-state index is 12.9. The van der Waals surface area contributed by atoms with Crippen LogP contribution < -0.4 is 10.5 Å². The molecule has 0 aliphatic rings. The average molecular weight is 437 g/mol. The van der Waals surface area contributed by atoms with Crippen LogP contribution in [0.25, 0.3) is 0 Å². The third kappa shape index (κ3) is 5.44. The first-order valence-corrected chi connectivity index (χ1v) is 9.27. The number of ether oxygens (including phenoxy) is 1. The van der Waals surface area contributed by atoms with E-state index in [1.54, 1.807) is 0 Å². The Labute approximate surface area is 162 Å². The van der Waals surface area contributed by atoms with Gasteiger partial charge in [0.15, 0.2) is 6.61 Å². The van der Waals surface area contributed by atoms with Gasteiger partial charge in [0.05, 0.1) is 21.8 Å². The fourth-order valence-electron chi connectivity index (χ4n) is 2.09. The number of carbonyl (C=O) groups is 2. The molecule has 2 aromatic carbocycles. The summed E-state index contributed by atoms with van der Waals surface area (Å²) in [6, 6.07) is 7.36. The Hall–Kier alpha value is -2.63. The molecule has 150 valence electrons. The zero-order chi connectivity index (χ0) is 21.1. The Morgan fingerprint density at radius 2 is 1.79 bits per heavy atom. The van der Waals surface area contributed by atoms with Crippen LogP contribution in [0.15, 0.2) is 47.4 Å². The molecule has 0 unspecified atom stereocenters. The number of anilines is 1. The van der Waals surface area contributed by atoms with Crippen molar-refractivity contribution in [2.75, 3.05) is 11.9 Å². The number of hydrogen-bond acceptors (Lipinski definition) is 5. The van der Waals surface area contributed by atoms with E-state index in [1.165, 1.54) is 6.07 Å². The number of rotatable bonds is 5. The molecule has 12 heteroatoms. The van der Waals surface area contributed by atoms with Crippen LogP contribution >= 0.6 is 11.6 Å². The largest absolute Gasteiger partial charge is 0.452 e. The van der Waals surface area contributed by atoms with Gasteiger partial charge in [0.25, 0.3) is 5.91 Å². The Bertz CT molecular complexity index is 1030. The standard InChI is InChI=1S/C16H12ClF3N2O5S/c17-11-6-5-9(7-13(11)28(21,25)26)15(24)27-8-14(23)22-12-4-2-1-3-10(12)16(18,19)20/h1-7H,8H2,(H,22,23)(H2,21,25,26). The van der Waals surface area contributed by atoms with Gasteiger partial charge in [-0.3, -0.25) is 4.79 Å². The summed E-state index contributed by atoms with van der Waals surface area (Å²) >= 11 is 5.69. The SMILES string of the molecule is NS(=O)(=O)c1cc(C(=O)OCC(=O)Nc2ccccc2C(F)(F)F)ccc1Cl. The lowest BCUT2D eigenvalue weighted by Crippen LogP contribution is -2.23. The van der Waals surface area contributed by atoms with Crippen molar-refractivity contribution in [3.63, 3.8) is 0 Å². The second-order valence-electron chi connectivity index (χ2n) is 5.36. The lowest BCUT2D eigenvalue weighted by Gasteiger charge is -2.13. The van der Waals surface area contributed by atoms with Gasteiger partial charge in [-0.05, 0) is 30.3 Å². The third-order valence-corrected chi connectivity index (χ3v) is 4.71. The van der Waals surface area contributed by atoms with Crippen molar-refractivity contribution in [1.82, 2.24) is 0 Å². The van der Waals surface area contributed by atoms with Crippen LogP contribution in [0.4, 0.5) is 18.9 Å². The first kappa shape index (κ1) is 21.7. The van der Waals surface area contributed by atoms with E-state index in [0.29, 0.717) is 0 Å². The maximum Gasteiger partial charge on any atom is 0.418 e. The van der Waals surface area contributed by atoms with E-state index >= 15 is 0 Å². The summed E-state index contributed by atoms with van der Waals surface area (Å²) in [4.78, 5) is 23.3. The molecule has 2 aromatic rings. The van der Waals surface area contributed by atoms with Crippen LogP contribution in [-0.2, 0) is 25.7 Å². The highest BCUT2D eigenvalue weighted by Crippen LogP contribution is 2.34. The highest BCUT2D eigenvalue weighted by molar-refractivity contribution is 7.89. The highest BCUT2D eigenvalue weighted by atomic mass is 35.5. The van der Waals surface area contributed by atoms with Gasteiger partial charge >= 0.3 is 12.1 Å². The van der Waals surface area contributed by atoms with Crippen molar-refractivity contribution in [3.8, 4) is 0 Å². The number of alkyl halides is 3. The van der Waals surface area contributed by atoms with Gasteiger partial charge in [-0.2, -0.15) is 13.2 Å². The number of para-hydroxylation sites is 1. The molecular weight excluding hydrogens is 425 g/mol. The third-order valence-electron chi connectivity index (χ3n) is 3.31. The number of nitrogens with one attached hydrogen (secondary N) is 1. The van der Waals surface area contributed by atoms with Crippen molar-refractivity contribution < 1.29 is 35.9 Å². The molecule has 0 aliphatic carbocycles. The number of esters is 1. The van der Waals surface area contributed by atoms with Crippen LogP contribution in [0.5, 0.6) is 0 Å². The van der Waals surface area contributed by atoms with Gasteiger partial charge in [0.2, 0.25) is 10.0 Å². The van der Waals surface area contributed by atoms with Crippen molar-refractivity contribution in [2.45, 2.75) is 11.1 Å². The molecule has 28 heavy (non-hydrogen) atoms. The number of primary sulfonamides is 1. The fourth-order valence-corrected chi connectivity index (χ4v) is 3.16. The molecule has 0 spiro atoms. The first-order chi connectivity index (χ1) is 12.9. The van der Waals surface area contributed by atoms with Crippen LogP contribution in [0.3, 0.4) is 0 Å². The molecule has 1 amide bonds. The van der Waals surface area contributed by atoms with Gasteiger partial charge in [0, 0.05) is 0 Å². The number of benzene rings is 2. The summed E-state index contributed by atoms with van der Waals surface area (Å²) in [5.41, 5.74) is -1.83. The lowest BCUT2D eigenvalue weighted by atomic mass is 10.1. The predicted octanol–water partition coefficient (Wildman–Crippen LogP) is 2.80. The molecule has 0 aromatic heterocycles. The minimum Gasteiger partial charge on any atom is -0.452 e. The second-order valence-corrected chi connectivity index (χ2v) is 7.29. The number of carbonyl (C=O) groups excluding carboxylic acids is 2. The molecule has 3 N–H and O–H groups in total. The van der Waals surface area contributed by atoms with E-state index in [1.807, 2.05) is 5.32 Å². The number of sulfonamides is 1. The quantitative estimate of drug-likeness (QED) is 0.699. The Kier molecular flexibility index (Phi) is 6.32. The molecule has 0 radical (unpaired) electrons. The summed E-state index contributed by atoms with van der Waals surface area (Å²) in [7, 11) is -4.21. The van der Waals surface area contributed by atoms with E-state index in [-0.39, 0.29) is 10.6 Å². The summed E-state index contributed by atoms with van der Waals surface area (Å²) in [5.74, 6) is -2.12. The zero-order valence-electron chi connectivity index (χ0n) is 13.8. The number of nitrogens with two attached hydrogens (primary N) is 1. The molecule has 0 aliphatic heterocycles. The molecule has 2 rings (SSSR count). The van der Waals surface area contributed by atoms with Gasteiger partial charge < -0.3 is 10.1 Å². The monoisotopic (exact) mass is 436 g/mol. The molecule has 0 atom stereocenters. The molecule has 0 heterocycles.